The number of benzene rings is 1. The summed E-state index contributed by atoms with van der Waals surface area (Å²) in [5.74, 6) is 1.18. The van der Waals surface area contributed by atoms with Gasteiger partial charge in [-0.15, -0.1) is 0 Å². The highest BCUT2D eigenvalue weighted by Gasteiger charge is 2.42. The molecular weight excluding hydrogens is 508 g/mol. The van der Waals surface area contributed by atoms with E-state index < -0.39 is 10.0 Å². The average molecular weight is 535 g/mol. The summed E-state index contributed by atoms with van der Waals surface area (Å²) in [5.41, 5.74) is 3.84. The number of aryl methyl sites for hydroxylation is 1. The van der Waals surface area contributed by atoms with Crippen LogP contribution in [0.5, 0.6) is 5.75 Å². The zero-order valence-electron chi connectivity index (χ0n) is 20.5. The van der Waals surface area contributed by atoms with Crippen molar-refractivity contribution in [1.29, 1.82) is 0 Å². The number of sulfonamides is 1. The van der Waals surface area contributed by atoms with E-state index in [1.54, 1.807) is 18.3 Å². The number of pyridine rings is 2. The third-order valence-electron chi connectivity index (χ3n) is 6.08. The molecule has 0 saturated carbocycles. The Kier molecular flexibility index (Phi) is 6.57. The number of rotatable bonds is 7. The highest BCUT2D eigenvalue weighted by Crippen LogP contribution is 2.43. The SMILES string of the molecule is COc1ccc(N2C(=S)NC(c3ccccn3)C2c2cccn2-c2ccc(C)cn2)cc1NS(C)(=O)=O. The van der Waals surface area contributed by atoms with Crippen molar-refractivity contribution in [3.8, 4) is 11.6 Å². The lowest BCUT2D eigenvalue weighted by Crippen LogP contribution is -2.30. The molecule has 0 amide bonds. The summed E-state index contributed by atoms with van der Waals surface area (Å²) >= 11 is 5.83. The van der Waals surface area contributed by atoms with Gasteiger partial charge in [0.1, 0.15) is 17.6 Å². The van der Waals surface area contributed by atoms with Gasteiger partial charge in [-0.1, -0.05) is 12.1 Å². The number of thiocarbonyl (C=S) groups is 1. The lowest BCUT2D eigenvalue weighted by molar-refractivity contribution is 0.417. The van der Waals surface area contributed by atoms with E-state index in [1.165, 1.54) is 7.11 Å². The van der Waals surface area contributed by atoms with Gasteiger partial charge in [-0.2, -0.15) is 0 Å². The molecule has 4 aromatic rings. The topological polar surface area (TPSA) is 101 Å². The van der Waals surface area contributed by atoms with Gasteiger partial charge in [0, 0.05) is 30.0 Å². The van der Waals surface area contributed by atoms with Crippen molar-refractivity contribution in [3.05, 3.63) is 96.2 Å². The first-order chi connectivity index (χ1) is 17.7. The van der Waals surface area contributed by atoms with Crippen molar-refractivity contribution in [3.63, 3.8) is 0 Å². The molecule has 190 valence electrons. The summed E-state index contributed by atoms with van der Waals surface area (Å²) in [4.78, 5) is 11.2. The molecule has 37 heavy (non-hydrogen) atoms. The number of methoxy groups -OCH3 is 1. The molecule has 4 heterocycles. The minimum Gasteiger partial charge on any atom is -0.495 e. The van der Waals surface area contributed by atoms with Crippen LogP contribution in [0.1, 0.15) is 29.0 Å². The Bertz CT molecular complexity index is 1540. The van der Waals surface area contributed by atoms with E-state index in [4.69, 9.17) is 17.0 Å². The molecule has 0 radical (unpaired) electrons. The Hall–Kier alpha value is -3.96. The van der Waals surface area contributed by atoms with Crippen LogP contribution in [0.15, 0.2) is 79.3 Å². The van der Waals surface area contributed by atoms with Crippen molar-refractivity contribution >= 4 is 38.7 Å². The van der Waals surface area contributed by atoms with Crippen LogP contribution >= 0.6 is 12.2 Å². The Morgan fingerprint density at radius 3 is 2.59 bits per heavy atom. The van der Waals surface area contributed by atoms with E-state index in [1.807, 2.05) is 77.3 Å². The van der Waals surface area contributed by atoms with Crippen LogP contribution in [-0.2, 0) is 10.0 Å². The smallest absolute Gasteiger partial charge is 0.229 e. The van der Waals surface area contributed by atoms with Crippen LogP contribution in [-0.4, -0.2) is 41.4 Å². The fraction of sp³-hybridized carbons (Fsp3) is 0.192. The van der Waals surface area contributed by atoms with Crippen LogP contribution in [0.4, 0.5) is 11.4 Å². The summed E-state index contributed by atoms with van der Waals surface area (Å²) in [6.07, 6.45) is 6.65. The summed E-state index contributed by atoms with van der Waals surface area (Å²) in [7, 11) is -2.05. The Balaban J connectivity index is 1.66. The molecule has 3 aromatic heterocycles. The van der Waals surface area contributed by atoms with E-state index in [9.17, 15) is 8.42 Å². The number of nitrogens with zero attached hydrogens (tertiary/aromatic N) is 4. The first-order valence-corrected chi connectivity index (χ1v) is 13.8. The lowest BCUT2D eigenvalue weighted by Gasteiger charge is -2.29. The molecule has 1 saturated heterocycles. The van der Waals surface area contributed by atoms with Crippen LogP contribution in [0, 0.1) is 6.92 Å². The van der Waals surface area contributed by atoms with Gasteiger partial charge in [0.15, 0.2) is 5.11 Å². The molecule has 5 rings (SSSR count). The van der Waals surface area contributed by atoms with Gasteiger partial charge < -0.3 is 19.5 Å². The Morgan fingerprint density at radius 1 is 1.08 bits per heavy atom. The van der Waals surface area contributed by atoms with Crippen LogP contribution in [0.3, 0.4) is 0 Å². The standard InChI is InChI=1S/C26H26N6O3S2/c1-17-9-12-23(28-16-17)31-14-6-8-21(31)25-24(19-7-4-5-13-27-19)29-26(36)32(25)18-10-11-22(35-2)20(15-18)30-37(3,33)34/h4-16,24-25,30H,1-3H3,(H,29,36). The summed E-state index contributed by atoms with van der Waals surface area (Å²) in [6, 6.07) is 18.5. The second-order valence-electron chi connectivity index (χ2n) is 8.75. The molecule has 9 nitrogen and oxygen atoms in total. The summed E-state index contributed by atoms with van der Waals surface area (Å²) in [5, 5.41) is 3.92. The number of hydrogen-bond acceptors (Lipinski definition) is 6. The quantitative estimate of drug-likeness (QED) is 0.341. The lowest BCUT2D eigenvalue weighted by atomic mass is 10.0. The normalized spacial score (nSPS) is 17.5. The van der Waals surface area contributed by atoms with Gasteiger partial charge in [-0.3, -0.25) is 9.71 Å². The van der Waals surface area contributed by atoms with Crippen molar-refractivity contribution in [2.75, 3.05) is 23.0 Å². The molecular formula is C26H26N6O3S2. The predicted octanol–water partition coefficient (Wildman–Crippen LogP) is 4.13. The van der Waals surface area contributed by atoms with Crippen molar-refractivity contribution in [2.45, 2.75) is 19.0 Å². The molecule has 0 aliphatic carbocycles. The third kappa shape index (κ3) is 5.00. The van der Waals surface area contributed by atoms with Crippen molar-refractivity contribution < 1.29 is 13.2 Å². The second kappa shape index (κ2) is 9.83. The second-order valence-corrected chi connectivity index (χ2v) is 10.9. The van der Waals surface area contributed by atoms with Gasteiger partial charge in [-0.05, 0) is 73.2 Å². The molecule has 1 fully saturated rings. The maximum absolute atomic E-state index is 12.0. The van der Waals surface area contributed by atoms with Gasteiger partial charge in [0.2, 0.25) is 10.0 Å². The summed E-state index contributed by atoms with van der Waals surface area (Å²) < 4.78 is 34.1. The van der Waals surface area contributed by atoms with Gasteiger partial charge in [-0.25, -0.2) is 13.4 Å². The van der Waals surface area contributed by atoms with Crippen LogP contribution in [0.25, 0.3) is 5.82 Å². The highest BCUT2D eigenvalue weighted by molar-refractivity contribution is 7.92. The largest absolute Gasteiger partial charge is 0.495 e. The molecule has 2 unspecified atom stereocenters. The third-order valence-corrected chi connectivity index (χ3v) is 6.99. The number of aromatic nitrogens is 3. The van der Waals surface area contributed by atoms with E-state index >= 15 is 0 Å². The summed E-state index contributed by atoms with van der Waals surface area (Å²) in [6.45, 7) is 2.00. The zero-order chi connectivity index (χ0) is 26.2. The first-order valence-electron chi connectivity index (χ1n) is 11.5. The monoisotopic (exact) mass is 534 g/mol. The van der Waals surface area contributed by atoms with Crippen LogP contribution in [0.2, 0.25) is 0 Å². The number of nitrogens with one attached hydrogen (secondary N) is 2. The molecule has 2 N–H and O–H groups in total. The van der Waals surface area contributed by atoms with Crippen LogP contribution < -0.4 is 19.7 Å². The zero-order valence-corrected chi connectivity index (χ0v) is 22.1. The maximum atomic E-state index is 12.0. The molecule has 2 atom stereocenters. The maximum Gasteiger partial charge on any atom is 0.229 e. The number of anilines is 2. The highest BCUT2D eigenvalue weighted by atomic mass is 32.2. The minimum atomic E-state index is -3.54. The molecule has 1 aliphatic rings. The molecule has 0 spiro atoms. The molecule has 1 aliphatic heterocycles. The average Bonchev–Trinajstić information content (AvgIpc) is 3.48. The van der Waals surface area contributed by atoms with Gasteiger partial charge in [0.25, 0.3) is 0 Å². The minimum absolute atomic E-state index is 0.277. The van der Waals surface area contributed by atoms with Gasteiger partial charge >= 0.3 is 0 Å². The Labute approximate surface area is 221 Å². The van der Waals surface area contributed by atoms with Crippen molar-refractivity contribution in [1.82, 2.24) is 19.9 Å². The molecule has 0 bridgehead atoms. The van der Waals surface area contributed by atoms with E-state index in [-0.39, 0.29) is 12.1 Å². The van der Waals surface area contributed by atoms with E-state index in [2.05, 4.69) is 20.0 Å². The fourth-order valence-corrected chi connectivity index (χ4v) is 5.41. The van der Waals surface area contributed by atoms with E-state index in [0.29, 0.717) is 22.2 Å². The van der Waals surface area contributed by atoms with E-state index in [0.717, 1.165) is 29.0 Å². The van der Waals surface area contributed by atoms with Gasteiger partial charge in [0.05, 0.1) is 30.8 Å². The number of hydrogen-bond donors (Lipinski definition) is 2. The molecule has 1 aromatic carbocycles. The predicted molar refractivity (Wildman–Crippen MR) is 148 cm³/mol. The Morgan fingerprint density at radius 2 is 1.92 bits per heavy atom. The van der Waals surface area contributed by atoms with Crippen molar-refractivity contribution in [2.24, 2.45) is 0 Å². The molecule has 11 heteroatoms. The fourth-order valence-electron chi connectivity index (χ4n) is 4.51. The first kappa shape index (κ1) is 24.7. The number of ether oxygens (including phenoxy) is 1.